The van der Waals surface area contributed by atoms with Crippen molar-refractivity contribution in [2.75, 3.05) is 12.3 Å². The van der Waals surface area contributed by atoms with Crippen molar-refractivity contribution >= 4 is 22.9 Å². The number of rotatable bonds is 6. The number of hydrogen-bond donors (Lipinski definition) is 2. The van der Waals surface area contributed by atoms with E-state index in [1.807, 2.05) is 37.3 Å². The lowest BCUT2D eigenvalue weighted by Gasteiger charge is -2.06. The number of aryl methyl sites for hydroxylation is 3. The van der Waals surface area contributed by atoms with Gasteiger partial charge in [0.05, 0.1) is 16.4 Å². The van der Waals surface area contributed by atoms with Gasteiger partial charge >= 0.3 is 0 Å². The number of anilines is 1. The van der Waals surface area contributed by atoms with Crippen LogP contribution >= 0.6 is 11.3 Å². The molecule has 3 rings (SSSR count). The molecule has 0 spiro atoms. The first-order chi connectivity index (χ1) is 12.5. The number of nitrogens with one attached hydrogen (secondary N) is 1. The molecule has 3 aromatic rings. The van der Waals surface area contributed by atoms with E-state index in [0.29, 0.717) is 17.8 Å². The first-order valence-corrected chi connectivity index (χ1v) is 9.36. The number of hydrogen-bond acceptors (Lipinski definition) is 5. The van der Waals surface area contributed by atoms with E-state index >= 15 is 0 Å². The van der Waals surface area contributed by atoms with Crippen LogP contribution in [0.1, 0.15) is 32.4 Å². The average molecular weight is 366 g/mol. The van der Waals surface area contributed by atoms with Crippen LogP contribution < -0.4 is 11.1 Å². The van der Waals surface area contributed by atoms with Gasteiger partial charge in [-0.25, -0.2) is 4.98 Å². The molecule has 5 nitrogen and oxygen atoms in total. The van der Waals surface area contributed by atoms with Gasteiger partial charge in [0.1, 0.15) is 0 Å². The van der Waals surface area contributed by atoms with Crippen LogP contribution in [0.3, 0.4) is 0 Å². The van der Waals surface area contributed by atoms with Crippen LogP contribution in [0.25, 0.3) is 11.1 Å². The topological polar surface area (TPSA) is 80.9 Å². The van der Waals surface area contributed by atoms with Gasteiger partial charge in [-0.05, 0) is 44.0 Å². The fourth-order valence-electron chi connectivity index (χ4n) is 2.62. The molecule has 0 aliphatic carbocycles. The molecule has 0 saturated heterocycles. The number of thiazole rings is 1. The van der Waals surface area contributed by atoms with Crippen LogP contribution in [0.15, 0.2) is 42.7 Å². The van der Waals surface area contributed by atoms with Gasteiger partial charge in [0, 0.05) is 41.4 Å². The van der Waals surface area contributed by atoms with Crippen molar-refractivity contribution in [2.45, 2.75) is 26.7 Å². The first-order valence-electron chi connectivity index (χ1n) is 8.55. The summed E-state index contributed by atoms with van der Waals surface area (Å²) in [4.78, 5) is 22.1. The quantitative estimate of drug-likeness (QED) is 0.651. The third-order valence-electron chi connectivity index (χ3n) is 4.17. The molecule has 0 unspecified atom stereocenters. The van der Waals surface area contributed by atoms with E-state index in [0.717, 1.165) is 34.7 Å². The maximum Gasteiger partial charge on any atom is 0.251 e. The summed E-state index contributed by atoms with van der Waals surface area (Å²) in [6.45, 7) is 4.75. The average Bonchev–Trinajstić information content (AvgIpc) is 2.96. The molecule has 1 amide bonds. The number of pyridine rings is 1. The molecule has 0 aliphatic rings. The number of aromatic nitrogens is 2. The molecule has 26 heavy (non-hydrogen) atoms. The smallest absolute Gasteiger partial charge is 0.251 e. The van der Waals surface area contributed by atoms with E-state index in [1.165, 1.54) is 4.88 Å². The second-order valence-corrected chi connectivity index (χ2v) is 7.48. The van der Waals surface area contributed by atoms with Crippen LogP contribution in [0.2, 0.25) is 0 Å². The molecular weight excluding hydrogens is 344 g/mol. The summed E-state index contributed by atoms with van der Waals surface area (Å²) in [6.07, 6.45) is 5.14. The predicted octanol–water partition coefficient (Wildman–Crippen LogP) is 3.77. The van der Waals surface area contributed by atoms with Crippen molar-refractivity contribution in [3.05, 3.63) is 63.9 Å². The standard InChI is InChI=1S/C20H22N4OS/c1-13-14(2)26-19(24-13)4-3-9-23-20(25)16-7-5-15(6-8-16)17-10-18(21)12-22-11-17/h5-8,10-12H,3-4,9,21H2,1-2H3,(H,23,25). The van der Waals surface area contributed by atoms with Gasteiger partial charge in [-0.1, -0.05) is 12.1 Å². The second kappa shape index (κ2) is 8.10. The Morgan fingerprint density at radius 1 is 1.15 bits per heavy atom. The molecule has 6 heteroatoms. The molecular formula is C20H22N4OS. The first kappa shape index (κ1) is 18.1. The highest BCUT2D eigenvalue weighted by Gasteiger charge is 2.07. The normalized spacial score (nSPS) is 10.7. The number of amides is 1. The number of nitrogens with two attached hydrogens (primary N) is 1. The maximum atomic E-state index is 12.3. The van der Waals surface area contributed by atoms with Gasteiger partial charge < -0.3 is 11.1 Å². The maximum absolute atomic E-state index is 12.3. The van der Waals surface area contributed by atoms with E-state index < -0.39 is 0 Å². The van der Waals surface area contributed by atoms with E-state index in [4.69, 9.17) is 5.73 Å². The minimum Gasteiger partial charge on any atom is -0.397 e. The van der Waals surface area contributed by atoms with Crippen LogP contribution in [0, 0.1) is 13.8 Å². The molecule has 2 aromatic heterocycles. The Labute approximate surface area is 157 Å². The Hall–Kier alpha value is -2.73. The highest BCUT2D eigenvalue weighted by atomic mass is 32.1. The van der Waals surface area contributed by atoms with Gasteiger partial charge in [0.15, 0.2) is 0 Å². The van der Waals surface area contributed by atoms with E-state index in [-0.39, 0.29) is 5.91 Å². The lowest BCUT2D eigenvalue weighted by Crippen LogP contribution is -2.24. The zero-order valence-electron chi connectivity index (χ0n) is 15.0. The highest BCUT2D eigenvalue weighted by molar-refractivity contribution is 7.11. The molecule has 1 aromatic carbocycles. The Bertz CT molecular complexity index is 883. The molecule has 0 atom stereocenters. The van der Waals surface area contributed by atoms with Crippen molar-refractivity contribution in [1.29, 1.82) is 0 Å². The molecule has 0 aliphatic heterocycles. The van der Waals surface area contributed by atoms with Gasteiger partial charge in [-0.2, -0.15) is 0 Å². The molecule has 0 bridgehead atoms. The Balaban J connectivity index is 1.51. The number of carbonyl (C=O) groups is 1. The minimum atomic E-state index is -0.0613. The summed E-state index contributed by atoms with van der Waals surface area (Å²) in [5.74, 6) is -0.0613. The van der Waals surface area contributed by atoms with Crippen molar-refractivity contribution in [1.82, 2.24) is 15.3 Å². The van der Waals surface area contributed by atoms with Crippen molar-refractivity contribution < 1.29 is 4.79 Å². The third kappa shape index (κ3) is 4.46. The Kier molecular flexibility index (Phi) is 5.63. The summed E-state index contributed by atoms with van der Waals surface area (Å²) < 4.78 is 0. The summed E-state index contributed by atoms with van der Waals surface area (Å²) >= 11 is 1.73. The van der Waals surface area contributed by atoms with Gasteiger partial charge in [0.25, 0.3) is 5.91 Å². The molecule has 0 radical (unpaired) electrons. The lowest BCUT2D eigenvalue weighted by atomic mass is 10.1. The summed E-state index contributed by atoms with van der Waals surface area (Å²) in [6, 6.07) is 9.33. The van der Waals surface area contributed by atoms with Crippen LogP contribution in [0.4, 0.5) is 5.69 Å². The molecule has 2 heterocycles. The van der Waals surface area contributed by atoms with Crippen molar-refractivity contribution in [2.24, 2.45) is 0 Å². The largest absolute Gasteiger partial charge is 0.397 e. The minimum absolute atomic E-state index is 0.0613. The van der Waals surface area contributed by atoms with Crippen LogP contribution in [0.5, 0.6) is 0 Å². The van der Waals surface area contributed by atoms with Crippen molar-refractivity contribution in [3.8, 4) is 11.1 Å². The van der Waals surface area contributed by atoms with Gasteiger partial charge in [0.2, 0.25) is 0 Å². The van der Waals surface area contributed by atoms with E-state index in [9.17, 15) is 4.79 Å². The number of carbonyl (C=O) groups excluding carboxylic acids is 1. The van der Waals surface area contributed by atoms with Crippen LogP contribution in [-0.2, 0) is 6.42 Å². The SMILES string of the molecule is Cc1nc(CCCNC(=O)c2ccc(-c3cncc(N)c3)cc2)sc1C. The number of nitrogens with zero attached hydrogens (tertiary/aromatic N) is 2. The zero-order chi connectivity index (χ0) is 18.5. The summed E-state index contributed by atoms with van der Waals surface area (Å²) in [5, 5.41) is 4.10. The molecule has 0 saturated carbocycles. The molecule has 134 valence electrons. The zero-order valence-corrected chi connectivity index (χ0v) is 15.8. The van der Waals surface area contributed by atoms with E-state index in [2.05, 4.69) is 22.2 Å². The number of benzene rings is 1. The van der Waals surface area contributed by atoms with Crippen molar-refractivity contribution in [3.63, 3.8) is 0 Å². The fourth-order valence-corrected chi connectivity index (χ4v) is 3.60. The molecule has 0 fully saturated rings. The summed E-state index contributed by atoms with van der Waals surface area (Å²) in [5.41, 5.74) is 10.0. The third-order valence-corrected chi connectivity index (χ3v) is 5.30. The fraction of sp³-hybridized carbons (Fsp3) is 0.250. The lowest BCUT2D eigenvalue weighted by molar-refractivity contribution is 0.0953. The Morgan fingerprint density at radius 2 is 1.92 bits per heavy atom. The second-order valence-electron chi connectivity index (χ2n) is 6.19. The highest BCUT2D eigenvalue weighted by Crippen LogP contribution is 2.21. The van der Waals surface area contributed by atoms with Gasteiger partial charge in [-0.15, -0.1) is 11.3 Å². The van der Waals surface area contributed by atoms with Crippen LogP contribution in [-0.4, -0.2) is 22.4 Å². The van der Waals surface area contributed by atoms with E-state index in [1.54, 1.807) is 23.7 Å². The van der Waals surface area contributed by atoms with Gasteiger partial charge in [-0.3, -0.25) is 9.78 Å². The predicted molar refractivity (Wildman–Crippen MR) is 106 cm³/mol. The number of nitrogen functional groups attached to an aromatic ring is 1. The monoisotopic (exact) mass is 366 g/mol. The summed E-state index contributed by atoms with van der Waals surface area (Å²) in [7, 11) is 0. The molecule has 3 N–H and O–H groups in total. The Morgan fingerprint density at radius 3 is 2.58 bits per heavy atom.